The molecule has 0 unspecified atom stereocenters. The second-order valence-electron chi connectivity index (χ2n) is 10.5. The number of amides is 3. The number of hydrogen-bond donors (Lipinski definition) is 1. The van der Waals surface area contributed by atoms with Gasteiger partial charge in [-0.05, 0) is 67.5 Å². The average Bonchev–Trinajstić information content (AvgIpc) is 2.82. The van der Waals surface area contributed by atoms with Gasteiger partial charge in [-0.1, -0.05) is 12.1 Å². The van der Waals surface area contributed by atoms with Crippen LogP contribution in [0.1, 0.15) is 76.1 Å². The molecule has 0 radical (unpaired) electrons. The minimum atomic E-state index is -4.44. The third-order valence-electron chi connectivity index (χ3n) is 4.59. The van der Waals surface area contributed by atoms with Crippen LogP contribution in [0.5, 0.6) is 0 Å². The molecule has 0 saturated heterocycles. The van der Waals surface area contributed by atoms with E-state index < -0.39 is 56.7 Å². The van der Waals surface area contributed by atoms with Crippen molar-refractivity contribution in [2.24, 2.45) is 0 Å². The summed E-state index contributed by atoms with van der Waals surface area (Å²) in [4.78, 5) is 38.8. The molecule has 1 heterocycles. The van der Waals surface area contributed by atoms with E-state index in [1.165, 1.54) is 12.1 Å². The zero-order chi connectivity index (χ0) is 25.6. The van der Waals surface area contributed by atoms with Gasteiger partial charge < -0.3 is 4.74 Å². The van der Waals surface area contributed by atoms with Gasteiger partial charge in [-0.2, -0.15) is 17.4 Å². The van der Waals surface area contributed by atoms with Crippen LogP contribution in [-0.4, -0.2) is 64.1 Å². The molecule has 1 aromatic carbocycles. The van der Waals surface area contributed by atoms with Crippen LogP contribution in [-0.2, 0) is 14.9 Å². The Labute approximate surface area is 200 Å². The Balaban J connectivity index is 2.55. The molecule has 3 amide bonds. The molecule has 0 bridgehead atoms. The topological polar surface area (TPSA) is 113 Å². The lowest BCUT2D eigenvalue weighted by Crippen LogP contribution is -2.60. The molecule has 1 N–H and O–H groups in total. The minimum Gasteiger partial charge on any atom is -0.443 e. The molecule has 0 aromatic heterocycles. The molecule has 184 valence electrons. The largest absolute Gasteiger partial charge is 0.443 e. The molecular weight excluding hydrogens is 470 g/mol. The van der Waals surface area contributed by atoms with Crippen molar-refractivity contribution in [2.75, 3.05) is 6.54 Å². The number of ether oxygens (including phenoxy) is 1. The van der Waals surface area contributed by atoms with Crippen LogP contribution in [0.15, 0.2) is 24.3 Å². The summed E-state index contributed by atoms with van der Waals surface area (Å²) < 4.78 is 34.7. The SMILES string of the molecule is CC(C)(C)NS(=O)(=O)N(C[C@@H](N1C(=O)c2ccccc2C1=O)C(C)(C)Cl)C(=O)OC(C)(C)C. The molecule has 0 saturated carbocycles. The van der Waals surface area contributed by atoms with E-state index >= 15 is 0 Å². The number of halogens is 1. The number of carbonyl (C=O) groups excluding carboxylic acids is 3. The molecular formula is C22H32ClN3O6S. The van der Waals surface area contributed by atoms with E-state index in [9.17, 15) is 22.8 Å². The van der Waals surface area contributed by atoms with Gasteiger partial charge in [-0.15, -0.1) is 11.6 Å². The molecule has 0 fully saturated rings. The zero-order valence-electron chi connectivity index (χ0n) is 20.2. The molecule has 11 heteroatoms. The van der Waals surface area contributed by atoms with Crippen LogP contribution < -0.4 is 4.72 Å². The van der Waals surface area contributed by atoms with E-state index in [2.05, 4.69) is 4.72 Å². The third kappa shape index (κ3) is 6.45. The Bertz CT molecular complexity index is 1020. The second-order valence-corrected chi connectivity index (χ2v) is 13.0. The Morgan fingerprint density at radius 3 is 1.85 bits per heavy atom. The minimum absolute atomic E-state index is 0.188. The van der Waals surface area contributed by atoms with E-state index in [1.54, 1.807) is 67.5 Å². The van der Waals surface area contributed by atoms with E-state index in [-0.39, 0.29) is 11.1 Å². The Kier molecular flexibility index (Phi) is 7.29. The first kappa shape index (κ1) is 27.1. The predicted molar refractivity (Wildman–Crippen MR) is 125 cm³/mol. The monoisotopic (exact) mass is 501 g/mol. The number of nitrogens with zero attached hydrogens (tertiary/aromatic N) is 2. The fourth-order valence-corrected chi connectivity index (χ4v) is 4.90. The van der Waals surface area contributed by atoms with Crippen molar-refractivity contribution in [2.45, 2.75) is 77.4 Å². The molecule has 1 aliphatic rings. The standard InChI is InChI=1S/C22H32ClN3O6S/c1-20(2,3)24-33(30,31)25(19(29)32-21(4,5)6)13-16(22(7,8)23)26-17(27)14-11-9-10-12-15(14)18(26)28/h9-12,16,24H,13H2,1-8H3/t16-/m1/s1. The van der Waals surface area contributed by atoms with Crippen LogP contribution in [0.2, 0.25) is 0 Å². The summed E-state index contributed by atoms with van der Waals surface area (Å²) in [6.07, 6.45) is -1.15. The summed E-state index contributed by atoms with van der Waals surface area (Å²) in [5, 5.41) is 0. The van der Waals surface area contributed by atoms with E-state index in [1.807, 2.05) is 0 Å². The molecule has 1 atom stereocenters. The highest BCUT2D eigenvalue weighted by Crippen LogP contribution is 2.32. The molecule has 2 rings (SSSR count). The number of hydrogen-bond acceptors (Lipinski definition) is 6. The number of nitrogens with one attached hydrogen (secondary N) is 1. The lowest BCUT2D eigenvalue weighted by Gasteiger charge is -2.38. The molecule has 1 aliphatic heterocycles. The van der Waals surface area contributed by atoms with E-state index in [0.717, 1.165) is 4.90 Å². The van der Waals surface area contributed by atoms with Crippen molar-refractivity contribution in [1.29, 1.82) is 0 Å². The van der Waals surface area contributed by atoms with Crippen molar-refractivity contribution >= 4 is 39.7 Å². The maximum absolute atomic E-state index is 13.2. The lowest BCUT2D eigenvalue weighted by atomic mass is 10.0. The Morgan fingerprint density at radius 2 is 1.48 bits per heavy atom. The quantitative estimate of drug-likeness (QED) is 0.471. The molecule has 0 aliphatic carbocycles. The van der Waals surface area contributed by atoms with Gasteiger partial charge in [0.15, 0.2) is 0 Å². The molecule has 1 aromatic rings. The molecule has 0 spiro atoms. The maximum atomic E-state index is 13.2. The first-order valence-electron chi connectivity index (χ1n) is 10.4. The van der Waals surface area contributed by atoms with Gasteiger partial charge in [0.25, 0.3) is 11.8 Å². The van der Waals surface area contributed by atoms with Crippen LogP contribution in [0.4, 0.5) is 4.79 Å². The van der Waals surface area contributed by atoms with Crippen molar-refractivity contribution in [3.63, 3.8) is 0 Å². The molecule has 9 nitrogen and oxygen atoms in total. The summed E-state index contributed by atoms with van der Waals surface area (Å²) in [6.45, 7) is 12.1. The van der Waals surface area contributed by atoms with Crippen LogP contribution >= 0.6 is 11.6 Å². The number of fused-ring (bicyclic) bond motifs is 1. The number of rotatable bonds is 6. The number of benzene rings is 1. The summed E-state index contributed by atoms with van der Waals surface area (Å²) in [5.74, 6) is -1.22. The normalized spacial score (nSPS) is 16.0. The average molecular weight is 502 g/mol. The van der Waals surface area contributed by atoms with Gasteiger partial charge in [-0.3, -0.25) is 14.5 Å². The van der Waals surface area contributed by atoms with Gasteiger partial charge in [0, 0.05) is 5.54 Å². The highest BCUT2D eigenvalue weighted by molar-refractivity contribution is 7.87. The number of alkyl halides is 1. The van der Waals surface area contributed by atoms with E-state index in [0.29, 0.717) is 4.31 Å². The number of imide groups is 1. The van der Waals surface area contributed by atoms with Gasteiger partial charge >= 0.3 is 16.3 Å². The van der Waals surface area contributed by atoms with Crippen molar-refractivity contribution in [1.82, 2.24) is 13.9 Å². The molecule has 33 heavy (non-hydrogen) atoms. The lowest BCUT2D eigenvalue weighted by molar-refractivity contribution is 0.0308. The highest BCUT2D eigenvalue weighted by Gasteiger charge is 2.48. The summed E-state index contributed by atoms with van der Waals surface area (Å²) in [6, 6.07) is 5.09. The van der Waals surface area contributed by atoms with Crippen molar-refractivity contribution in [3.8, 4) is 0 Å². The van der Waals surface area contributed by atoms with Gasteiger partial charge in [0.2, 0.25) is 0 Å². The Hall–Kier alpha value is -2.17. The summed E-state index contributed by atoms with van der Waals surface area (Å²) >= 11 is 6.58. The summed E-state index contributed by atoms with van der Waals surface area (Å²) in [7, 11) is -4.44. The maximum Gasteiger partial charge on any atom is 0.425 e. The van der Waals surface area contributed by atoms with Gasteiger partial charge in [0.1, 0.15) is 5.60 Å². The summed E-state index contributed by atoms with van der Waals surface area (Å²) in [5.41, 5.74) is -1.53. The number of carbonyl (C=O) groups is 3. The predicted octanol–water partition coefficient (Wildman–Crippen LogP) is 3.54. The first-order valence-corrected chi connectivity index (χ1v) is 12.3. The van der Waals surface area contributed by atoms with E-state index in [4.69, 9.17) is 16.3 Å². The first-order chi connectivity index (χ1) is 14.7. The van der Waals surface area contributed by atoms with Crippen molar-refractivity contribution in [3.05, 3.63) is 35.4 Å². The smallest absolute Gasteiger partial charge is 0.425 e. The fraction of sp³-hybridized carbons (Fsp3) is 0.591. The Morgan fingerprint density at radius 1 is 1.03 bits per heavy atom. The van der Waals surface area contributed by atoms with Crippen LogP contribution in [0.3, 0.4) is 0 Å². The van der Waals surface area contributed by atoms with Crippen LogP contribution in [0.25, 0.3) is 0 Å². The third-order valence-corrected chi connectivity index (χ3v) is 6.59. The second kappa shape index (κ2) is 8.88. The van der Waals surface area contributed by atoms with Crippen molar-refractivity contribution < 1.29 is 27.5 Å². The van der Waals surface area contributed by atoms with Gasteiger partial charge in [0.05, 0.1) is 28.6 Å². The van der Waals surface area contributed by atoms with Gasteiger partial charge in [-0.25, -0.2) is 4.79 Å². The fourth-order valence-electron chi connectivity index (χ4n) is 3.28. The van der Waals surface area contributed by atoms with Crippen LogP contribution in [0, 0.1) is 0 Å². The zero-order valence-corrected chi connectivity index (χ0v) is 21.8. The highest BCUT2D eigenvalue weighted by atomic mass is 35.5.